The van der Waals surface area contributed by atoms with Gasteiger partial charge in [-0.2, -0.15) is 0 Å². The summed E-state index contributed by atoms with van der Waals surface area (Å²) in [6.45, 7) is 4.98. The molecule has 1 aromatic carbocycles. The third-order valence-corrected chi connectivity index (χ3v) is 7.83. The van der Waals surface area contributed by atoms with Crippen molar-refractivity contribution in [1.29, 1.82) is 0 Å². The number of para-hydroxylation sites is 1. The predicted molar refractivity (Wildman–Crippen MR) is 128 cm³/mol. The lowest BCUT2D eigenvalue weighted by Crippen LogP contribution is -2.03. The number of thioether (sulfide) groups is 1. The van der Waals surface area contributed by atoms with E-state index in [0.717, 1.165) is 44.5 Å². The van der Waals surface area contributed by atoms with E-state index < -0.39 is 0 Å². The first-order valence-corrected chi connectivity index (χ1v) is 12.0. The molecule has 5 aromatic heterocycles. The molecule has 7 nitrogen and oxygen atoms in total. The Morgan fingerprint density at radius 3 is 2.78 bits per heavy atom. The monoisotopic (exact) mass is 457 g/mol. The molecule has 0 fully saturated rings. The minimum Gasteiger partial charge on any atom is -0.325 e. The molecular formula is C23H19N7S2. The van der Waals surface area contributed by atoms with Gasteiger partial charge in [-0.05, 0) is 43.2 Å². The number of hydrogen-bond donors (Lipinski definition) is 0. The highest BCUT2D eigenvalue weighted by molar-refractivity contribution is 8.00. The number of nitrogens with zero attached hydrogens (tertiary/aromatic N) is 7. The molecule has 0 amide bonds. The predicted octanol–water partition coefficient (Wildman–Crippen LogP) is 5.04. The molecule has 0 radical (unpaired) electrons. The van der Waals surface area contributed by atoms with Gasteiger partial charge in [-0.25, -0.2) is 19.5 Å². The van der Waals surface area contributed by atoms with Crippen molar-refractivity contribution in [2.24, 2.45) is 0 Å². The first kappa shape index (κ1) is 19.4. The zero-order chi connectivity index (χ0) is 21.7. The van der Waals surface area contributed by atoms with E-state index in [2.05, 4.69) is 40.6 Å². The van der Waals surface area contributed by atoms with Gasteiger partial charge in [0.25, 0.3) is 0 Å². The van der Waals surface area contributed by atoms with E-state index in [4.69, 9.17) is 15.0 Å². The van der Waals surface area contributed by atoms with E-state index in [1.807, 2.05) is 30.5 Å². The van der Waals surface area contributed by atoms with Crippen LogP contribution in [0.5, 0.6) is 0 Å². The molecule has 0 aliphatic carbocycles. The molecule has 6 aromatic rings. The largest absolute Gasteiger partial charge is 0.325 e. The van der Waals surface area contributed by atoms with Gasteiger partial charge >= 0.3 is 0 Å². The fourth-order valence-electron chi connectivity index (χ4n) is 3.94. The molecule has 0 N–H and O–H groups in total. The van der Waals surface area contributed by atoms with Crippen molar-refractivity contribution in [2.75, 3.05) is 0 Å². The highest BCUT2D eigenvalue weighted by Gasteiger charge is 2.18. The summed E-state index contributed by atoms with van der Waals surface area (Å²) in [5, 5.41) is 5.73. The minimum absolute atomic E-state index is 0.664. The molecule has 0 atom stereocenters. The van der Waals surface area contributed by atoms with Crippen LogP contribution < -0.4 is 0 Å². The van der Waals surface area contributed by atoms with Gasteiger partial charge in [-0.1, -0.05) is 30.0 Å². The van der Waals surface area contributed by atoms with E-state index in [1.54, 1.807) is 40.1 Å². The Morgan fingerprint density at radius 2 is 1.94 bits per heavy atom. The molecule has 0 saturated heterocycles. The zero-order valence-electron chi connectivity index (χ0n) is 17.6. The molecule has 0 bridgehead atoms. The molecule has 158 valence electrons. The maximum Gasteiger partial charge on any atom is 0.168 e. The van der Waals surface area contributed by atoms with Crippen molar-refractivity contribution in [1.82, 2.24) is 34.1 Å². The average molecular weight is 458 g/mol. The summed E-state index contributed by atoms with van der Waals surface area (Å²) in [5.74, 6) is 1.44. The van der Waals surface area contributed by atoms with Gasteiger partial charge in [0, 0.05) is 18.1 Å². The Labute approximate surface area is 192 Å². The number of aromatic nitrogens is 7. The van der Waals surface area contributed by atoms with Gasteiger partial charge in [-0.3, -0.25) is 4.98 Å². The fourth-order valence-corrected chi connectivity index (χ4v) is 5.86. The van der Waals surface area contributed by atoms with Crippen molar-refractivity contribution >= 4 is 50.0 Å². The summed E-state index contributed by atoms with van der Waals surface area (Å²) in [6, 6.07) is 12.3. The van der Waals surface area contributed by atoms with E-state index in [0.29, 0.717) is 5.75 Å². The zero-order valence-corrected chi connectivity index (χ0v) is 19.2. The summed E-state index contributed by atoms with van der Waals surface area (Å²) < 4.78 is 6.25. The Bertz CT molecular complexity index is 1550. The van der Waals surface area contributed by atoms with Crippen LogP contribution in [0.2, 0.25) is 0 Å². The molecule has 5 heterocycles. The Balaban J connectivity index is 1.35. The lowest BCUT2D eigenvalue weighted by molar-refractivity contribution is 0.783. The maximum absolute atomic E-state index is 4.87. The van der Waals surface area contributed by atoms with Gasteiger partial charge in [0.1, 0.15) is 12.0 Å². The van der Waals surface area contributed by atoms with Crippen molar-refractivity contribution in [3.8, 4) is 0 Å². The quantitative estimate of drug-likeness (QED) is 0.338. The smallest absolute Gasteiger partial charge is 0.168 e. The van der Waals surface area contributed by atoms with Crippen LogP contribution in [0.15, 0.2) is 59.5 Å². The van der Waals surface area contributed by atoms with E-state index >= 15 is 0 Å². The highest BCUT2D eigenvalue weighted by Crippen LogP contribution is 2.32. The van der Waals surface area contributed by atoms with E-state index in [9.17, 15) is 0 Å². The SMILES string of the molecule is Cc1c(C)n(Cc2cccnc2)c2ncn3nc(CSc4nc5ccccc5s4)nc3c12. The second-order valence-electron chi connectivity index (χ2n) is 7.63. The van der Waals surface area contributed by atoms with Crippen LogP contribution in [0.3, 0.4) is 0 Å². The number of hydrogen-bond acceptors (Lipinski definition) is 7. The molecule has 0 unspecified atom stereocenters. The van der Waals surface area contributed by atoms with Crippen LogP contribution in [-0.4, -0.2) is 34.1 Å². The Kier molecular flexibility index (Phi) is 4.65. The van der Waals surface area contributed by atoms with Crippen molar-refractivity contribution < 1.29 is 0 Å². The second kappa shape index (κ2) is 7.68. The number of benzene rings is 1. The van der Waals surface area contributed by atoms with Gasteiger partial charge in [0.15, 0.2) is 15.8 Å². The van der Waals surface area contributed by atoms with Gasteiger partial charge in [0.05, 0.1) is 27.9 Å². The molecule has 0 aliphatic heterocycles. The van der Waals surface area contributed by atoms with Crippen LogP contribution in [0.4, 0.5) is 0 Å². The second-order valence-corrected chi connectivity index (χ2v) is 9.89. The van der Waals surface area contributed by atoms with Gasteiger partial charge < -0.3 is 4.57 Å². The summed E-state index contributed by atoms with van der Waals surface area (Å²) in [5.41, 5.74) is 6.31. The molecule has 9 heteroatoms. The Hall–Kier alpha value is -3.30. The maximum atomic E-state index is 4.87. The number of rotatable bonds is 5. The van der Waals surface area contributed by atoms with Gasteiger partial charge in [0.2, 0.25) is 0 Å². The van der Waals surface area contributed by atoms with E-state index in [-0.39, 0.29) is 0 Å². The standard InChI is InChI=1S/C23H19N7S2/c1-14-15(2)29(11-16-6-5-9-24-10-16)21-20(14)22-27-19(28-30(22)13-25-21)12-31-23-26-17-7-3-4-8-18(17)32-23/h3-10,13H,11-12H2,1-2H3. The number of pyridine rings is 1. The summed E-state index contributed by atoms with van der Waals surface area (Å²) in [7, 11) is 0. The minimum atomic E-state index is 0.664. The van der Waals surface area contributed by atoms with Crippen LogP contribution >= 0.6 is 23.1 Å². The third-order valence-electron chi connectivity index (χ3n) is 5.65. The van der Waals surface area contributed by atoms with Crippen molar-refractivity contribution in [2.45, 2.75) is 30.5 Å². The van der Waals surface area contributed by atoms with Crippen LogP contribution in [0, 0.1) is 13.8 Å². The first-order chi connectivity index (χ1) is 15.7. The van der Waals surface area contributed by atoms with Crippen molar-refractivity contribution in [3.63, 3.8) is 0 Å². The number of aryl methyl sites for hydroxylation is 1. The van der Waals surface area contributed by atoms with Crippen molar-refractivity contribution in [3.05, 3.63) is 77.8 Å². The molecule has 0 aliphatic rings. The summed E-state index contributed by atoms with van der Waals surface area (Å²) in [4.78, 5) is 18.5. The Morgan fingerprint density at radius 1 is 1.03 bits per heavy atom. The molecule has 6 rings (SSSR count). The average Bonchev–Trinajstić information content (AvgIpc) is 3.49. The molecule has 0 spiro atoms. The summed E-state index contributed by atoms with van der Waals surface area (Å²) >= 11 is 3.37. The third kappa shape index (κ3) is 3.25. The van der Waals surface area contributed by atoms with E-state index in [1.165, 1.54) is 16.0 Å². The molecule has 0 saturated carbocycles. The van der Waals surface area contributed by atoms with Gasteiger partial charge in [-0.15, -0.1) is 16.4 Å². The lowest BCUT2D eigenvalue weighted by atomic mass is 10.2. The normalized spacial score (nSPS) is 11.8. The lowest BCUT2D eigenvalue weighted by Gasteiger charge is -2.07. The number of thiazole rings is 1. The number of fused-ring (bicyclic) bond motifs is 4. The van der Waals surface area contributed by atoms with Crippen LogP contribution in [0.25, 0.3) is 26.9 Å². The molecular weight excluding hydrogens is 438 g/mol. The first-order valence-electron chi connectivity index (χ1n) is 10.2. The summed E-state index contributed by atoms with van der Waals surface area (Å²) in [6.07, 6.45) is 5.45. The molecule has 32 heavy (non-hydrogen) atoms. The topological polar surface area (TPSA) is 73.8 Å². The fraction of sp³-hybridized carbons (Fsp3) is 0.174. The van der Waals surface area contributed by atoms with Crippen LogP contribution in [0.1, 0.15) is 22.6 Å². The highest BCUT2D eigenvalue weighted by atomic mass is 32.2. The van der Waals surface area contributed by atoms with Crippen LogP contribution in [-0.2, 0) is 12.3 Å².